The van der Waals surface area contributed by atoms with Crippen molar-refractivity contribution in [3.63, 3.8) is 0 Å². The van der Waals surface area contributed by atoms with Gasteiger partial charge < -0.3 is 10.1 Å². The zero-order valence-electron chi connectivity index (χ0n) is 15.3. The molecule has 10 heteroatoms. The lowest BCUT2D eigenvalue weighted by atomic mass is 10.2. The molecule has 0 aliphatic carbocycles. The summed E-state index contributed by atoms with van der Waals surface area (Å²) in [6.07, 6.45) is 0. The number of carbonyl (C=O) groups is 2. The Bertz CT molecular complexity index is 978. The number of nitrogens with zero attached hydrogens (tertiary/aromatic N) is 2. The highest BCUT2D eigenvalue weighted by Crippen LogP contribution is 2.26. The molecule has 150 valence electrons. The van der Waals surface area contributed by atoms with Crippen molar-refractivity contribution in [1.29, 1.82) is 0 Å². The van der Waals surface area contributed by atoms with Gasteiger partial charge >= 0.3 is 0 Å². The molecule has 0 unspecified atom stereocenters. The maximum atomic E-state index is 12.3. The summed E-state index contributed by atoms with van der Waals surface area (Å²) in [4.78, 5) is 24.3. The van der Waals surface area contributed by atoms with Gasteiger partial charge in [-0.05, 0) is 55.5 Å². The van der Waals surface area contributed by atoms with Crippen LogP contribution in [-0.2, 0) is 4.79 Å². The maximum Gasteiger partial charge on any atom is 0.257 e. The molecule has 3 rings (SSSR count). The highest BCUT2D eigenvalue weighted by Gasteiger charge is 2.12. The van der Waals surface area contributed by atoms with Crippen molar-refractivity contribution in [2.45, 2.75) is 11.3 Å². The fourth-order valence-corrected chi connectivity index (χ4v) is 4.03. The number of thioether (sulfide) groups is 1. The minimum Gasteiger partial charge on any atom is -0.494 e. The summed E-state index contributed by atoms with van der Waals surface area (Å²) in [5.74, 6) is 0.471. The fraction of sp³-hybridized carbons (Fsp3) is 0.158. The van der Waals surface area contributed by atoms with Crippen LogP contribution < -0.4 is 15.4 Å². The van der Waals surface area contributed by atoms with E-state index in [1.54, 1.807) is 24.3 Å². The number of nitrogens with one attached hydrogen (secondary N) is 2. The first-order valence-corrected chi connectivity index (χ1v) is 11.2. The summed E-state index contributed by atoms with van der Waals surface area (Å²) < 4.78 is 6.90. The average molecular weight is 493 g/mol. The number of benzene rings is 2. The molecule has 0 aliphatic heterocycles. The van der Waals surface area contributed by atoms with Gasteiger partial charge in [-0.15, -0.1) is 10.2 Å². The lowest BCUT2D eigenvalue weighted by Crippen LogP contribution is -2.13. The van der Waals surface area contributed by atoms with E-state index < -0.39 is 0 Å². The van der Waals surface area contributed by atoms with Crippen molar-refractivity contribution < 1.29 is 14.3 Å². The third-order valence-electron chi connectivity index (χ3n) is 3.51. The van der Waals surface area contributed by atoms with E-state index in [1.807, 2.05) is 31.2 Å². The summed E-state index contributed by atoms with van der Waals surface area (Å²) in [7, 11) is 0. The van der Waals surface area contributed by atoms with Gasteiger partial charge in [0.2, 0.25) is 11.0 Å². The molecule has 0 radical (unpaired) electrons. The minimum atomic E-state index is -0.284. The molecule has 0 fully saturated rings. The SMILES string of the molecule is CCOc1ccc(C(=O)Nc2nnc(SCC(=O)Nc3ccc(Br)cc3)s2)cc1. The number of hydrogen-bond acceptors (Lipinski definition) is 7. The number of carbonyl (C=O) groups excluding carboxylic acids is 2. The Balaban J connectivity index is 1.49. The minimum absolute atomic E-state index is 0.146. The van der Waals surface area contributed by atoms with Gasteiger partial charge in [0.25, 0.3) is 5.91 Å². The molecule has 2 N–H and O–H groups in total. The summed E-state index contributed by atoms with van der Waals surface area (Å²) >= 11 is 5.82. The number of halogens is 1. The van der Waals surface area contributed by atoms with E-state index in [2.05, 4.69) is 36.8 Å². The Kier molecular flexibility index (Phi) is 7.62. The highest BCUT2D eigenvalue weighted by molar-refractivity contribution is 9.10. The van der Waals surface area contributed by atoms with Gasteiger partial charge in [0.15, 0.2) is 4.34 Å². The second-order valence-corrected chi connectivity index (χ2v) is 8.74. The molecule has 1 heterocycles. The quantitative estimate of drug-likeness (QED) is 0.350. The molecule has 0 atom stereocenters. The number of amides is 2. The fourth-order valence-electron chi connectivity index (χ4n) is 2.21. The smallest absolute Gasteiger partial charge is 0.257 e. The standard InChI is InChI=1S/C19H17BrN4O3S2/c1-2-27-15-9-3-12(4-10-15)17(26)22-18-23-24-19(29-18)28-11-16(25)21-14-7-5-13(20)6-8-14/h3-10H,2,11H2,1H3,(H,21,25)(H,22,23,26). The van der Waals surface area contributed by atoms with E-state index in [-0.39, 0.29) is 17.6 Å². The van der Waals surface area contributed by atoms with Crippen LogP contribution in [0.1, 0.15) is 17.3 Å². The molecule has 0 aliphatic rings. The van der Waals surface area contributed by atoms with Gasteiger partial charge in [0.1, 0.15) is 5.75 Å². The predicted octanol–water partition coefficient (Wildman–Crippen LogP) is 4.68. The van der Waals surface area contributed by atoms with Crippen LogP contribution in [0.3, 0.4) is 0 Å². The number of anilines is 2. The lowest BCUT2D eigenvalue weighted by molar-refractivity contribution is -0.113. The predicted molar refractivity (Wildman–Crippen MR) is 119 cm³/mol. The van der Waals surface area contributed by atoms with Crippen molar-refractivity contribution in [3.8, 4) is 5.75 Å². The molecular weight excluding hydrogens is 476 g/mol. The molecule has 2 amide bonds. The van der Waals surface area contributed by atoms with Gasteiger partial charge in [-0.2, -0.15) is 0 Å². The molecule has 0 spiro atoms. The van der Waals surface area contributed by atoms with Crippen LogP contribution in [0.2, 0.25) is 0 Å². The third kappa shape index (κ3) is 6.55. The van der Waals surface area contributed by atoms with Crippen molar-refractivity contribution in [3.05, 3.63) is 58.6 Å². The Hall–Kier alpha value is -2.43. The van der Waals surface area contributed by atoms with Gasteiger partial charge in [0.05, 0.1) is 12.4 Å². The molecule has 7 nitrogen and oxygen atoms in total. The Morgan fingerprint density at radius 2 is 1.79 bits per heavy atom. The first-order chi connectivity index (χ1) is 14.0. The highest BCUT2D eigenvalue weighted by atomic mass is 79.9. The number of ether oxygens (including phenoxy) is 1. The van der Waals surface area contributed by atoms with E-state index >= 15 is 0 Å². The summed E-state index contributed by atoms with van der Waals surface area (Å²) in [6.45, 7) is 2.47. The zero-order chi connectivity index (χ0) is 20.6. The second kappa shape index (κ2) is 10.4. The summed E-state index contributed by atoms with van der Waals surface area (Å²) in [6, 6.07) is 14.2. The first-order valence-electron chi connectivity index (χ1n) is 8.59. The van der Waals surface area contributed by atoms with Gasteiger partial charge in [-0.1, -0.05) is 39.0 Å². The molecule has 0 bridgehead atoms. The van der Waals surface area contributed by atoms with Crippen LogP contribution in [0.4, 0.5) is 10.8 Å². The molecule has 2 aromatic carbocycles. The molecule has 1 aromatic heterocycles. The van der Waals surface area contributed by atoms with Crippen LogP contribution in [-0.4, -0.2) is 34.4 Å². The number of aromatic nitrogens is 2. The van der Waals surface area contributed by atoms with Crippen LogP contribution >= 0.6 is 39.0 Å². The summed E-state index contributed by atoms with van der Waals surface area (Å²) in [5, 5.41) is 13.9. The van der Waals surface area contributed by atoms with Crippen molar-refractivity contribution in [2.24, 2.45) is 0 Å². The molecule has 0 saturated carbocycles. The Morgan fingerprint density at radius 1 is 1.07 bits per heavy atom. The average Bonchev–Trinajstić information content (AvgIpc) is 3.16. The lowest BCUT2D eigenvalue weighted by Gasteiger charge is -2.04. The van der Waals surface area contributed by atoms with Crippen LogP contribution in [0.25, 0.3) is 0 Å². The van der Waals surface area contributed by atoms with E-state index in [4.69, 9.17) is 4.74 Å². The number of rotatable bonds is 8. The van der Waals surface area contributed by atoms with E-state index in [1.165, 1.54) is 23.1 Å². The number of hydrogen-bond donors (Lipinski definition) is 2. The maximum absolute atomic E-state index is 12.3. The largest absolute Gasteiger partial charge is 0.494 e. The molecule has 0 saturated heterocycles. The molecule has 29 heavy (non-hydrogen) atoms. The van der Waals surface area contributed by atoms with Crippen LogP contribution in [0.5, 0.6) is 5.75 Å². The van der Waals surface area contributed by atoms with Gasteiger partial charge in [-0.25, -0.2) is 0 Å². The van der Waals surface area contributed by atoms with E-state index in [0.717, 1.165) is 10.2 Å². The van der Waals surface area contributed by atoms with Gasteiger partial charge in [0, 0.05) is 15.7 Å². The van der Waals surface area contributed by atoms with E-state index in [0.29, 0.717) is 27.4 Å². The van der Waals surface area contributed by atoms with Gasteiger partial charge in [-0.3, -0.25) is 14.9 Å². The van der Waals surface area contributed by atoms with Crippen molar-refractivity contribution in [2.75, 3.05) is 23.0 Å². The first kappa shape index (κ1) is 21.3. The summed E-state index contributed by atoms with van der Waals surface area (Å²) in [5.41, 5.74) is 1.21. The molecule has 3 aromatic rings. The second-order valence-electron chi connectivity index (χ2n) is 5.63. The monoisotopic (exact) mass is 492 g/mol. The van der Waals surface area contributed by atoms with Crippen LogP contribution in [0.15, 0.2) is 57.3 Å². The van der Waals surface area contributed by atoms with Crippen molar-refractivity contribution >= 4 is 61.7 Å². The Morgan fingerprint density at radius 3 is 2.48 bits per heavy atom. The topological polar surface area (TPSA) is 93.2 Å². The van der Waals surface area contributed by atoms with Crippen molar-refractivity contribution in [1.82, 2.24) is 10.2 Å². The van der Waals surface area contributed by atoms with Crippen LogP contribution in [0, 0.1) is 0 Å². The third-order valence-corrected chi connectivity index (χ3v) is 6.01. The Labute approximate surface area is 184 Å². The zero-order valence-corrected chi connectivity index (χ0v) is 18.6. The van der Waals surface area contributed by atoms with E-state index in [9.17, 15) is 9.59 Å². The normalized spacial score (nSPS) is 10.4. The molecular formula is C19H17BrN4O3S2.